The first-order chi connectivity index (χ1) is 14.5. The van der Waals surface area contributed by atoms with E-state index in [1.54, 1.807) is 0 Å². The maximum atomic E-state index is 12.5. The van der Waals surface area contributed by atoms with Gasteiger partial charge in [0.25, 0.3) is 0 Å². The van der Waals surface area contributed by atoms with Crippen molar-refractivity contribution in [2.45, 2.75) is 11.2 Å². The van der Waals surface area contributed by atoms with E-state index in [9.17, 15) is 10.2 Å². The summed E-state index contributed by atoms with van der Waals surface area (Å²) in [6.45, 7) is 0. The molecule has 2 N–H and O–H groups in total. The Labute approximate surface area is 193 Å². The van der Waals surface area contributed by atoms with Crippen LogP contribution in [0.15, 0.2) is 118 Å². The Kier molecular flexibility index (Phi) is 5.94. The lowest BCUT2D eigenvalue weighted by molar-refractivity contribution is -0.113. The summed E-state index contributed by atoms with van der Waals surface area (Å²) in [7, 11) is 0. The standard InChI is InChI=1S/C26H20Br2O2/c27-23-15-11-21(12-16-23)25(29,19-7-3-1-4-8-19)26(30,20-9-5-2-6-10-20)22-13-17-24(28)18-14-22/h1-18,29-30H/t25-,26-/m0/s1. The van der Waals surface area contributed by atoms with Crippen LogP contribution < -0.4 is 0 Å². The van der Waals surface area contributed by atoms with Crippen LogP contribution in [-0.2, 0) is 11.2 Å². The van der Waals surface area contributed by atoms with Crippen molar-refractivity contribution in [3.05, 3.63) is 140 Å². The third kappa shape index (κ3) is 3.54. The van der Waals surface area contributed by atoms with Crippen molar-refractivity contribution in [1.29, 1.82) is 0 Å². The zero-order valence-electron chi connectivity index (χ0n) is 16.0. The zero-order valence-corrected chi connectivity index (χ0v) is 19.2. The molecule has 4 aromatic carbocycles. The molecule has 4 heteroatoms. The molecule has 0 saturated heterocycles. The Bertz CT molecular complexity index is 1020. The Hall–Kier alpha value is -2.24. The van der Waals surface area contributed by atoms with Crippen LogP contribution in [-0.4, -0.2) is 10.2 Å². The zero-order chi connectivity index (χ0) is 21.2. The highest BCUT2D eigenvalue weighted by molar-refractivity contribution is 9.10. The number of benzene rings is 4. The van der Waals surface area contributed by atoms with Gasteiger partial charge in [0.1, 0.15) is 0 Å². The number of rotatable bonds is 5. The quantitative estimate of drug-likeness (QED) is 0.318. The third-order valence-electron chi connectivity index (χ3n) is 5.43. The van der Waals surface area contributed by atoms with Gasteiger partial charge in [0.05, 0.1) is 0 Å². The van der Waals surface area contributed by atoms with Gasteiger partial charge in [-0.15, -0.1) is 0 Å². The average Bonchev–Trinajstić information content (AvgIpc) is 2.80. The van der Waals surface area contributed by atoms with Gasteiger partial charge in [-0.3, -0.25) is 0 Å². The molecule has 0 spiro atoms. The average molecular weight is 524 g/mol. The molecular weight excluding hydrogens is 504 g/mol. The first kappa shape index (κ1) is 21.0. The molecule has 0 aliphatic carbocycles. The van der Waals surface area contributed by atoms with Gasteiger partial charge in [0.15, 0.2) is 11.2 Å². The molecule has 0 amide bonds. The smallest absolute Gasteiger partial charge is 0.152 e. The molecule has 0 aliphatic rings. The van der Waals surface area contributed by atoms with Crippen LogP contribution in [0.25, 0.3) is 0 Å². The van der Waals surface area contributed by atoms with E-state index < -0.39 is 11.2 Å². The van der Waals surface area contributed by atoms with Crippen LogP contribution in [0.1, 0.15) is 22.3 Å². The van der Waals surface area contributed by atoms with Crippen molar-refractivity contribution in [3.63, 3.8) is 0 Å². The summed E-state index contributed by atoms with van der Waals surface area (Å²) < 4.78 is 1.79. The van der Waals surface area contributed by atoms with Gasteiger partial charge < -0.3 is 10.2 Å². The second-order valence-corrected chi connectivity index (χ2v) is 9.00. The first-order valence-electron chi connectivity index (χ1n) is 9.54. The van der Waals surface area contributed by atoms with Crippen LogP contribution in [0.3, 0.4) is 0 Å². The predicted octanol–water partition coefficient (Wildman–Crippen LogP) is 6.38. The number of halogens is 2. The van der Waals surface area contributed by atoms with E-state index in [1.807, 2.05) is 109 Å². The van der Waals surface area contributed by atoms with Gasteiger partial charge in [0.2, 0.25) is 0 Å². The Balaban J connectivity index is 2.08. The summed E-state index contributed by atoms with van der Waals surface area (Å²) in [5.41, 5.74) is -1.12. The van der Waals surface area contributed by atoms with Crippen LogP contribution in [0.5, 0.6) is 0 Å². The van der Waals surface area contributed by atoms with Crippen molar-refractivity contribution >= 4 is 31.9 Å². The Morgan fingerprint density at radius 3 is 0.967 bits per heavy atom. The fourth-order valence-electron chi connectivity index (χ4n) is 3.91. The minimum Gasteiger partial charge on any atom is -0.377 e. The largest absolute Gasteiger partial charge is 0.377 e. The Morgan fingerprint density at radius 2 is 0.667 bits per heavy atom. The molecule has 150 valence electrons. The summed E-state index contributed by atoms with van der Waals surface area (Å²) in [4.78, 5) is 0. The monoisotopic (exact) mass is 522 g/mol. The summed E-state index contributed by atoms with van der Waals surface area (Å²) in [5, 5.41) is 24.9. The van der Waals surface area contributed by atoms with Crippen LogP contribution >= 0.6 is 31.9 Å². The van der Waals surface area contributed by atoms with Gasteiger partial charge in [-0.25, -0.2) is 0 Å². The summed E-state index contributed by atoms with van der Waals surface area (Å²) >= 11 is 6.93. The molecule has 30 heavy (non-hydrogen) atoms. The molecule has 4 rings (SSSR count). The number of hydrogen-bond acceptors (Lipinski definition) is 2. The minimum atomic E-state index is -1.75. The van der Waals surface area contributed by atoms with Crippen molar-refractivity contribution in [2.75, 3.05) is 0 Å². The van der Waals surface area contributed by atoms with E-state index in [-0.39, 0.29) is 0 Å². The summed E-state index contributed by atoms with van der Waals surface area (Å²) in [6, 6.07) is 33.5. The highest BCUT2D eigenvalue weighted by Gasteiger charge is 2.54. The molecule has 0 bridgehead atoms. The fraction of sp³-hybridized carbons (Fsp3) is 0.0769. The van der Waals surface area contributed by atoms with Crippen LogP contribution in [0.2, 0.25) is 0 Å². The molecule has 0 aromatic heterocycles. The maximum absolute atomic E-state index is 12.5. The fourth-order valence-corrected chi connectivity index (χ4v) is 4.44. The molecule has 0 unspecified atom stereocenters. The minimum absolute atomic E-state index is 0.589. The SMILES string of the molecule is O[C@@](c1ccccc1)(c1ccc(Br)cc1)[C@](O)(c1ccccc1)c1ccc(Br)cc1. The molecular formula is C26H20Br2O2. The molecule has 0 aliphatic heterocycles. The molecule has 0 fully saturated rings. The summed E-state index contributed by atoms with van der Waals surface area (Å²) in [6.07, 6.45) is 0. The van der Waals surface area contributed by atoms with Gasteiger partial charge in [-0.2, -0.15) is 0 Å². The van der Waals surface area contributed by atoms with Gasteiger partial charge >= 0.3 is 0 Å². The topological polar surface area (TPSA) is 40.5 Å². The second kappa shape index (κ2) is 8.48. The van der Waals surface area contributed by atoms with Gasteiger partial charge in [0, 0.05) is 8.95 Å². The first-order valence-corrected chi connectivity index (χ1v) is 11.1. The van der Waals surface area contributed by atoms with E-state index in [2.05, 4.69) is 31.9 Å². The van der Waals surface area contributed by atoms with E-state index in [0.717, 1.165) is 8.95 Å². The maximum Gasteiger partial charge on any atom is 0.152 e. The van der Waals surface area contributed by atoms with E-state index >= 15 is 0 Å². The third-order valence-corrected chi connectivity index (χ3v) is 6.49. The number of hydrogen-bond donors (Lipinski definition) is 2. The van der Waals surface area contributed by atoms with Crippen molar-refractivity contribution in [1.82, 2.24) is 0 Å². The Morgan fingerprint density at radius 1 is 0.400 bits per heavy atom. The lowest BCUT2D eigenvalue weighted by Gasteiger charge is -2.45. The molecule has 4 aromatic rings. The molecule has 0 saturated carbocycles. The number of aliphatic hydroxyl groups is 2. The highest BCUT2D eigenvalue weighted by atomic mass is 79.9. The lowest BCUT2D eigenvalue weighted by atomic mass is 9.66. The highest BCUT2D eigenvalue weighted by Crippen LogP contribution is 2.49. The van der Waals surface area contributed by atoms with Crippen molar-refractivity contribution in [3.8, 4) is 0 Å². The molecule has 0 heterocycles. The van der Waals surface area contributed by atoms with Crippen molar-refractivity contribution in [2.24, 2.45) is 0 Å². The second-order valence-electron chi connectivity index (χ2n) is 7.17. The van der Waals surface area contributed by atoms with Gasteiger partial charge in [-0.05, 0) is 46.5 Å². The summed E-state index contributed by atoms with van der Waals surface area (Å²) in [5.74, 6) is 0. The van der Waals surface area contributed by atoms with E-state index in [1.165, 1.54) is 0 Å². The van der Waals surface area contributed by atoms with E-state index in [4.69, 9.17) is 0 Å². The molecule has 2 nitrogen and oxygen atoms in total. The lowest BCUT2D eigenvalue weighted by Crippen LogP contribution is -2.51. The molecule has 2 atom stereocenters. The van der Waals surface area contributed by atoms with Crippen molar-refractivity contribution < 1.29 is 10.2 Å². The predicted molar refractivity (Wildman–Crippen MR) is 127 cm³/mol. The van der Waals surface area contributed by atoms with Crippen LogP contribution in [0, 0.1) is 0 Å². The molecule has 0 radical (unpaired) electrons. The van der Waals surface area contributed by atoms with E-state index in [0.29, 0.717) is 22.3 Å². The van der Waals surface area contributed by atoms with Gasteiger partial charge in [-0.1, -0.05) is 117 Å². The van der Waals surface area contributed by atoms with Crippen LogP contribution in [0.4, 0.5) is 0 Å². The normalized spacial score (nSPS) is 15.2.